The fraction of sp³-hybridized carbons (Fsp3) is 0.333. The van der Waals surface area contributed by atoms with E-state index in [1.54, 1.807) is 0 Å². The number of nitrogens with one attached hydrogen (secondary N) is 1. The van der Waals surface area contributed by atoms with Crippen molar-refractivity contribution in [3.05, 3.63) is 54.1 Å². The monoisotopic (exact) mass is 266 g/mol. The highest BCUT2D eigenvalue weighted by atomic mass is 14.8. The maximum Gasteiger partial charge on any atom is 0.0619 e. The van der Waals surface area contributed by atoms with Gasteiger partial charge in [0.05, 0.1) is 11.4 Å². The smallest absolute Gasteiger partial charge is 0.0619 e. The molecule has 0 aliphatic heterocycles. The van der Waals surface area contributed by atoms with Gasteiger partial charge >= 0.3 is 0 Å². The Labute approximate surface area is 121 Å². The molecule has 1 atom stereocenters. The molecule has 0 amide bonds. The van der Waals surface area contributed by atoms with Crippen LogP contribution in [0.5, 0.6) is 0 Å². The molecule has 1 unspecified atom stereocenters. The van der Waals surface area contributed by atoms with Crippen LogP contribution in [-0.2, 0) is 0 Å². The predicted octanol–water partition coefficient (Wildman–Crippen LogP) is 4.54. The van der Waals surface area contributed by atoms with Gasteiger partial charge in [-0.2, -0.15) is 0 Å². The van der Waals surface area contributed by atoms with Crippen molar-refractivity contribution in [3.8, 4) is 0 Å². The predicted molar refractivity (Wildman–Crippen MR) is 87.6 cm³/mol. The largest absolute Gasteiger partial charge is 0.300 e. The maximum absolute atomic E-state index is 8.06. The van der Waals surface area contributed by atoms with Gasteiger partial charge in [-0.1, -0.05) is 44.2 Å². The lowest BCUT2D eigenvalue weighted by Crippen LogP contribution is -2.10. The summed E-state index contributed by atoms with van der Waals surface area (Å²) in [7, 11) is 0. The lowest BCUT2D eigenvalue weighted by Gasteiger charge is -2.14. The number of aliphatic imine (C=N–C) groups is 1. The van der Waals surface area contributed by atoms with Crippen molar-refractivity contribution in [2.75, 3.05) is 0 Å². The normalized spacial score (nSPS) is 18.5. The molecular weight excluding hydrogens is 244 g/mol. The minimum atomic E-state index is 0.315. The Kier molecular flexibility index (Phi) is 4.67. The van der Waals surface area contributed by atoms with Crippen molar-refractivity contribution < 1.29 is 0 Å². The highest BCUT2D eigenvalue weighted by molar-refractivity contribution is 6.35. The van der Waals surface area contributed by atoms with E-state index < -0.39 is 0 Å². The molecule has 2 nitrogen and oxygen atoms in total. The van der Waals surface area contributed by atoms with Gasteiger partial charge in [0.15, 0.2) is 0 Å². The quantitative estimate of drug-likeness (QED) is 0.777. The van der Waals surface area contributed by atoms with Gasteiger partial charge in [-0.25, -0.2) is 0 Å². The molecule has 2 heteroatoms. The van der Waals surface area contributed by atoms with Crippen LogP contribution in [0.2, 0.25) is 0 Å². The van der Waals surface area contributed by atoms with Crippen molar-refractivity contribution in [1.82, 2.24) is 0 Å². The Balaban J connectivity index is 2.25. The summed E-state index contributed by atoms with van der Waals surface area (Å²) in [6.07, 6.45) is 6.88. The Hall–Kier alpha value is -1.96. The Morgan fingerprint density at radius 2 is 1.75 bits per heavy atom. The van der Waals surface area contributed by atoms with Gasteiger partial charge in [-0.15, -0.1) is 0 Å². The second-order valence-electron chi connectivity index (χ2n) is 5.70. The third-order valence-corrected chi connectivity index (χ3v) is 3.27. The minimum Gasteiger partial charge on any atom is -0.300 e. The minimum absolute atomic E-state index is 0.315. The van der Waals surface area contributed by atoms with Crippen LogP contribution in [0.1, 0.15) is 32.8 Å². The summed E-state index contributed by atoms with van der Waals surface area (Å²) >= 11 is 0. The Bertz CT molecular complexity index is 562. The Morgan fingerprint density at radius 1 is 1.05 bits per heavy atom. The van der Waals surface area contributed by atoms with E-state index in [4.69, 9.17) is 10.4 Å². The van der Waals surface area contributed by atoms with Crippen molar-refractivity contribution >= 4 is 17.0 Å². The van der Waals surface area contributed by atoms with E-state index in [0.29, 0.717) is 17.7 Å². The van der Waals surface area contributed by atoms with E-state index in [2.05, 4.69) is 20.8 Å². The fourth-order valence-corrected chi connectivity index (χ4v) is 2.46. The summed E-state index contributed by atoms with van der Waals surface area (Å²) in [5.41, 5.74) is 3.54. The summed E-state index contributed by atoms with van der Waals surface area (Å²) < 4.78 is 0. The molecule has 1 aliphatic rings. The third-order valence-electron chi connectivity index (χ3n) is 3.27. The van der Waals surface area contributed by atoms with Crippen LogP contribution in [0.4, 0.5) is 0 Å². The molecule has 0 saturated heterocycles. The SMILES string of the molecule is CC(C)CC(C)N=C1C=CC(=N)C(c2ccccc2)=C1. The molecule has 20 heavy (non-hydrogen) atoms. The molecule has 104 valence electrons. The van der Waals surface area contributed by atoms with Crippen LogP contribution in [-0.4, -0.2) is 17.5 Å². The summed E-state index contributed by atoms with van der Waals surface area (Å²) in [4.78, 5) is 4.74. The second-order valence-corrected chi connectivity index (χ2v) is 5.70. The van der Waals surface area contributed by atoms with Crippen LogP contribution >= 0.6 is 0 Å². The van der Waals surface area contributed by atoms with Gasteiger partial charge < -0.3 is 5.41 Å². The average Bonchev–Trinajstić information content (AvgIpc) is 2.41. The molecular formula is C18H22N2. The first-order valence-electron chi connectivity index (χ1n) is 7.18. The maximum atomic E-state index is 8.06. The lowest BCUT2D eigenvalue weighted by molar-refractivity contribution is 0.522. The lowest BCUT2D eigenvalue weighted by atomic mass is 9.95. The van der Waals surface area contributed by atoms with Crippen LogP contribution in [0.3, 0.4) is 0 Å². The van der Waals surface area contributed by atoms with Gasteiger partial charge in [0.25, 0.3) is 0 Å². The van der Waals surface area contributed by atoms with Gasteiger partial charge in [-0.05, 0) is 43.1 Å². The van der Waals surface area contributed by atoms with Gasteiger partial charge in [0.1, 0.15) is 0 Å². The topological polar surface area (TPSA) is 36.2 Å². The summed E-state index contributed by atoms with van der Waals surface area (Å²) in [6.45, 7) is 6.58. The number of benzene rings is 1. The molecule has 0 heterocycles. The average molecular weight is 266 g/mol. The van der Waals surface area contributed by atoms with E-state index >= 15 is 0 Å². The number of rotatable bonds is 4. The van der Waals surface area contributed by atoms with Crippen LogP contribution < -0.4 is 0 Å². The molecule has 0 spiro atoms. The van der Waals surface area contributed by atoms with Crippen molar-refractivity contribution in [2.45, 2.75) is 33.2 Å². The molecule has 0 radical (unpaired) electrons. The van der Waals surface area contributed by atoms with Crippen molar-refractivity contribution in [1.29, 1.82) is 5.41 Å². The van der Waals surface area contributed by atoms with Crippen LogP contribution in [0.25, 0.3) is 5.57 Å². The van der Waals surface area contributed by atoms with E-state index in [1.807, 2.05) is 48.6 Å². The summed E-state index contributed by atoms with van der Waals surface area (Å²) in [6, 6.07) is 10.4. The highest BCUT2D eigenvalue weighted by Crippen LogP contribution is 2.20. The summed E-state index contributed by atoms with van der Waals surface area (Å²) in [5.74, 6) is 0.651. The third kappa shape index (κ3) is 3.77. The zero-order valence-corrected chi connectivity index (χ0v) is 12.4. The number of hydrogen-bond donors (Lipinski definition) is 1. The fourth-order valence-electron chi connectivity index (χ4n) is 2.46. The van der Waals surface area contributed by atoms with Gasteiger partial charge in [-0.3, -0.25) is 4.99 Å². The standard InChI is InChI=1S/C18H22N2/c1-13(2)11-14(3)20-16-9-10-18(19)17(12-16)15-7-5-4-6-8-15/h4-10,12-14,19H,11H2,1-3H3. The number of allylic oxidation sites excluding steroid dienone is 4. The molecule has 0 saturated carbocycles. The molecule has 0 aromatic heterocycles. The first-order chi connectivity index (χ1) is 9.56. The molecule has 2 rings (SSSR count). The van der Waals surface area contributed by atoms with E-state index in [9.17, 15) is 0 Å². The molecule has 1 aromatic carbocycles. The Morgan fingerprint density at radius 3 is 2.40 bits per heavy atom. The first-order valence-corrected chi connectivity index (χ1v) is 7.18. The van der Waals surface area contributed by atoms with Crippen molar-refractivity contribution in [2.24, 2.45) is 10.9 Å². The first kappa shape index (κ1) is 14.4. The molecule has 0 fully saturated rings. The van der Waals surface area contributed by atoms with Crippen LogP contribution in [0, 0.1) is 11.3 Å². The second kappa shape index (κ2) is 6.47. The molecule has 1 aromatic rings. The van der Waals surface area contributed by atoms with Gasteiger partial charge in [0.2, 0.25) is 0 Å². The van der Waals surface area contributed by atoms with Crippen molar-refractivity contribution in [3.63, 3.8) is 0 Å². The highest BCUT2D eigenvalue weighted by Gasteiger charge is 2.12. The zero-order valence-electron chi connectivity index (χ0n) is 12.4. The molecule has 0 bridgehead atoms. The van der Waals surface area contributed by atoms with E-state index in [-0.39, 0.29) is 0 Å². The molecule has 1 aliphatic carbocycles. The van der Waals surface area contributed by atoms with Crippen LogP contribution in [0.15, 0.2) is 53.6 Å². The van der Waals surface area contributed by atoms with E-state index in [1.165, 1.54) is 0 Å². The number of hydrogen-bond acceptors (Lipinski definition) is 2. The zero-order chi connectivity index (χ0) is 14.5. The summed E-state index contributed by atoms with van der Waals surface area (Å²) in [5, 5.41) is 8.06. The van der Waals surface area contributed by atoms with E-state index in [0.717, 1.165) is 23.3 Å². The molecule has 1 N–H and O–H groups in total. The number of nitrogens with zero attached hydrogens (tertiary/aromatic N) is 1. The van der Waals surface area contributed by atoms with Gasteiger partial charge in [0, 0.05) is 11.6 Å².